The predicted molar refractivity (Wildman–Crippen MR) is 172 cm³/mol. The maximum absolute atomic E-state index is 14.0. The summed E-state index contributed by atoms with van der Waals surface area (Å²) in [5.74, 6) is -3.46. The predicted octanol–water partition coefficient (Wildman–Crippen LogP) is 4.02. The number of aromatic nitrogens is 1. The van der Waals surface area contributed by atoms with E-state index in [4.69, 9.17) is 19.7 Å². The SMILES string of the molecule is C=Cc1c(C)c2[nH]c1=CC1=NC(=C(CC)/C1=C/O)C=C1N=C3C(=C1C)C(=O)C(C(=O)OC)C3=C1N=C(C=2)C(C)=C1CCC(=O)O. The lowest BCUT2D eigenvalue weighted by molar-refractivity contribution is -0.146. The van der Waals surface area contributed by atoms with E-state index in [1.807, 2.05) is 32.9 Å². The Morgan fingerprint density at radius 1 is 1.04 bits per heavy atom. The lowest BCUT2D eigenvalue weighted by atomic mass is 9.93. The number of H-pyrrole nitrogens is 1. The van der Waals surface area contributed by atoms with Crippen molar-refractivity contribution in [3.05, 3.63) is 96.8 Å². The normalized spacial score (nSPS) is 21.2. The van der Waals surface area contributed by atoms with E-state index in [1.165, 1.54) is 7.11 Å². The molecule has 1 atom stereocenters. The lowest BCUT2D eigenvalue weighted by Crippen LogP contribution is -2.23. The van der Waals surface area contributed by atoms with E-state index >= 15 is 0 Å². The van der Waals surface area contributed by atoms with Gasteiger partial charge < -0.3 is 19.9 Å². The number of aliphatic hydroxyl groups excluding tert-OH is 1. The van der Waals surface area contributed by atoms with Crippen molar-refractivity contribution in [3.63, 3.8) is 0 Å². The average molecular weight is 605 g/mol. The van der Waals surface area contributed by atoms with E-state index in [0.29, 0.717) is 68.5 Å². The molecule has 8 bridgehead atoms. The van der Waals surface area contributed by atoms with E-state index in [9.17, 15) is 24.6 Å². The molecule has 1 aromatic rings. The Morgan fingerprint density at radius 2 is 1.78 bits per heavy atom. The van der Waals surface area contributed by atoms with Crippen LogP contribution in [0.1, 0.15) is 51.2 Å². The molecule has 0 amide bonds. The summed E-state index contributed by atoms with van der Waals surface area (Å²) in [7, 11) is 1.23. The third kappa shape index (κ3) is 4.47. The van der Waals surface area contributed by atoms with Gasteiger partial charge in [-0.1, -0.05) is 19.6 Å². The minimum absolute atomic E-state index is 0.137. The van der Waals surface area contributed by atoms with Crippen LogP contribution in [-0.4, -0.2) is 57.2 Å². The van der Waals surface area contributed by atoms with Gasteiger partial charge in [-0.25, -0.2) is 15.0 Å². The minimum atomic E-state index is -1.30. The number of carbonyl (C=O) groups excluding carboxylic acids is 2. The molecule has 1 saturated carbocycles. The molecule has 10 nitrogen and oxygen atoms in total. The smallest absolute Gasteiger partial charge is 0.321 e. The molecule has 1 unspecified atom stereocenters. The van der Waals surface area contributed by atoms with Crippen molar-refractivity contribution in [2.45, 2.75) is 47.0 Å². The Balaban J connectivity index is 1.76. The van der Waals surface area contributed by atoms with Crippen LogP contribution in [0.15, 0.2) is 90.0 Å². The summed E-state index contributed by atoms with van der Waals surface area (Å²) in [4.78, 5) is 57.0. The molecule has 5 aliphatic rings. The van der Waals surface area contributed by atoms with Crippen molar-refractivity contribution in [3.8, 4) is 0 Å². The highest BCUT2D eigenvalue weighted by molar-refractivity contribution is 6.43. The molecule has 0 radical (unpaired) electrons. The molecule has 10 heteroatoms. The van der Waals surface area contributed by atoms with E-state index in [2.05, 4.69) is 11.6 Å². The number of aromatic amines is 1. The number of hydrogen-bond donors (Lipinski definition) is 3. The van der Waals surface area contributed by atoms with E-state index < -0.39 is 23.6 Å². The minimum Gasteiger partial charge on any atom is -0.515 e. The van der Waals surface area contributed by atoms with Crippen molar-refractivity contribution in [2.75, 3.05) is 7.11 Å². The number of fused-ring (bicyclic) bond motifs is 5. The van der Waals surface area contributed by atoms with Gasteiger partial charge >= 0.3 is 11.9 Å². The second-order valence-electron chi connectivity index (χ2n) is 11.3. The first-order valence-electron chi connectivity index (χ1n) is 14.6. The molecule has 1 fully saturated rings. The number of carboxylic acid groups (broad SMARTS) is 1. The second-order valence-corrected chi connectivity index (χ2v) is 11.3. The van der Waals surface area contributed by atoms with Crippen LogP contribution in [0.3, 0.4) is 0 Å². The topological polar surface area (TPSA) is 154 Å². The highest BCUT2D eigenvalue weighted by Crippen LogP contribution is 2.46. The largest absolute Gasteiger partial charge is 0.515 e. The number of esters is 1. The van der Waals surface area contributed by atoms with Crippen molar-refractivity contribution < 1.29 is 29.3 Å². The van der Waals surface area contributed by atoms with Gasteiger partial charge in [0.15, 0.2) is 5.78 Å². The van der Waals surface area contributed by atoms with Crippen molar-refractivity contribution in [1.29, 1.82) is 0 Å². The number of carboxylic acids is 1. The van der Waals surface area contributed by atoms with Gasteiger partial charge in [-0.05, 0) is 79.7 Å². The standard InChI is InChI=1S/C35H32N4O6/c1-7-18-15(3)22-11-23-16(4)20(9-10-28(41)42)32(38-23)30-31(35(44)45-6)34(43)29-17(5)24(39-33(29)30)12-26-19(8-2)21(14-40)27(37-26)13-25(18)36-22/h7,11-14,31,36,40H,1,8-10H2,2-6H3,(H,41,42)/b21-14-,22-11?,24-12?,25-13?,32-30?. The highest BCUT2D eigenvalue weighted by Gasteiger charge is 2.50. The third-order valence-electron chi connectivity index (χ3n) is 8.96. The molecule has 5 heterocycles. The number of ether oxygens (including phenoxy) is 1. The zero-order valence-electron chi connectivity index (χ0n) is 25.7. The van der Waals surface area contributed by atoms with E-state index in [0.717, 1.165) is 39.2 Å². The van der Waals surface area contributed by atoms with E-state index in [1.54, 1.807) is 19.1 Å². The lowest BCUT2D eigenvalue weighted by Gasteiger charge is -2.13. The first-order chi connectivity index (χ1) is 21.5. The molecule has 4 aliphatic heterocycles. The number of carbonyl (C=O) groups is 3. The number of ketones is 1. The van der Waals surface area contributed by atoms with Crippen molar-refractivity contribution in [1.82, 2.24) is 4.98 Å². The number of Topliss-reactive ketones (excluding diaryl/α,β-unsaturated/α-hetero) is 1. The average Bonchev–Trinajstić information content (AvgIpc) is 3.76. The Morgan fingerprint density at radius 3 is 2.42 bits per heavy atom. The summed E-state index contributed by atoms with van der Waals surface area (Å²) >= 11 is 0. The Bertz CT molecular complexity index is 2080. The van der Waals surface area contributed by atoms with Gasteiger partial charge in [0.2, 0.25) is 0 Å². The van der Waals surface area contributed by atoms with Crippen LogP contribution in [0.4, 0.5) is 0 Å². The highest BCUT2D eigenvalue weighted by atomic mass is 16.5. The Labute approximate surface area is 259 Å². The fourth-order valence-corrected chi connectivity index (χ4v) is 6.58. The van der Waals surface area contributed by atoms with Gasteiger partial charge in [0.05, 0.1) is 47.6 Å². The zero-order valence-corrected chi connectivity index (χ0v) is 25.7. The molecule has 3 N–H and O–H groups in total. The third-order valence-corrected chi connectivity index (χ3v) is 8.96. The molecule has 45 heavy (non-hydrogen) atoms. The summed E-state index contributed by atoms with van der Waals surface area (Å²) in [6.45, 7) is 11.6. The molecule has 1 aromatic heterocycles. The van der Waals surface area contributed by atoms with Gasteiger partial charge in [0, 0.05) is 39.4 Å². The second kappa shape index (κ2) is 11.0. The van der Waals surface area contributed by atoms with E-state index in [-0.39, 0.29) is 12.8 Å². The number of aliphatic imine (C=N–C) groups is 3. The number of rotatable bonds is 6. The number of methoxy groups -OCH3 is 1. The molecule has 6 rings (SSSR count). The van der Waals surface area contributed by atoms with Gasteiger partial charge in [-0.3, -0.25) is 14.4 Å². The van der Waals surface area contributed by atoms with Crippen molar-refractivity contribution >= 4 is 53.1 Å². The number of nitrogens with one attached hydrogen (secondary N) is 1. The molecule has 0 aromatic carbocycles. The van der Waals surface area contributed by atoms with Crippen LogP contribution in [0.25, 0.3) is 18.2 Å². The number of aliphatic carboxylic acids is 1. The fourth-order valence-electron chi connectivity index (χ4n) is 6.58. The molecular formula is C35H32N4O6. The Kier molecular flexibility index (Phi) is 7.23. The number of aliphatic hydroxyl groups is 1. The monoisotopic (exact) mass is 604 g/mol. The van der Waals surface area contributed by atoms with Gasteiger partial charge in [0.25, 0.3) is 0 Å². The van der Waals surface area contributed by atoms with Gasteiger partial charge in [-0.15, -0.1) is 0 Å². The summed E-state index contributed by atoms with van der Waals surface area (Å²) in [5, 5.41) is 21.3. The summed E-state index contributed by atoms with van der Waals surface area (Å²) in [6, 6.07) is 0. The van der Waals surface area contributed by atoms with Crippen LogP contribution in [0.2, 0.25) is 0 Å². The zero-order chi connectivity index (χ0) is 32.3. The first kappa shape index (κ1) is 29.7. The van der Waals surface area contributed by atoms with Gasteiger partial charge in [-0.2, -0.15) is 0 Å². The molecule has 0 spiro atoms. The first-order valence-corrected chi connectivity index (χ1v) is 14.6. The maximum Gasteiger partial charge on any atom is 0.321 e. The van der Waals surface area contributed by atoms with Crippen LogP contribution in [0.5, 0.6) is 0 Å². The summed E-state index contributed by atoms with van der Waals surface area (Å²) < 4.78 is 5.09. The van der Waals surface area contributed by atoms with Crippen LogP contribution in [0, 0.1) is 12.8 Å². The number of allylic oxidation sites excluding steroid dienone is 7. The number of hydrogen-bond acceptors (Lipinski definition) is 8. The van der Waals surface area contributed by atoms with Crippen LogP contribution in [-0.2, 0) is 19.1 Å². The van der Waals surface area contributed by atoms with Crippen molar-refractivity contribution in [2.24, 2.45) is 20.9 Å². The Hall–Kier alpha value is -5.38. The van der Waals surface area contributed by atoms with Crippen LogP contribution < -0.4 is 10.7 Å². The maximum atomic E-state index is 14.0. The summed E-state index contributed by atoms with van der Waals surface area (Å²) in [6.07, 6.45) is 8.86. The molecule has 0 saturated heterocycles. The molecular weight excluding hydrogens is 572 g/mol. The fraction of sp³-hybridized carbons (Fsp3) is 0.257. The molecule has 1 aliphatic carbocycles. The summed E-state index contributed by atoms with van der Waals surface area (Å²) in [5.41, 5.74) is 8.56. The quantitative estimate of drug-likeness (QED) is 0.253. The van der Waals surface area contributed by atoms with Crippen LogP contribution >= 0.6 is 0 Å². The number of nitrogens with zero attached hydrogens (tertiary/aromatic N) is 3. The molecule has 228 valence electrons. The van der Waals surface area contributed by atoms with Gasteiger partial charge in [0.1, 0.15) is 5.92 Å².